The van der Waals surface area contributed by atoms with Crippen molar-refractivity contribution in [2.24, 2.45) is 0 Å². The van der Waals surface area contributed by atoms with Crippen LogP contribution in [0.4, 0.5) is 0 Å². The lowest BCUT2D eigenvalue weighted by Gasteiger charge is -2.09. The molecular weight excluding hydrogens is 238 g/mol. The Balaban J connectivity index is 2.36. The number of nitrogens with zero attached hydrogens (tertiary/aromatic N) is 1. The van der Waals surface area contributed by atoms with Crippen molar-refractivity contribution in [3.05, 3.63) is 58.4 Å². The van der Waals surface area contributed by atoms with E-state index in [1.165, 1.54) is 0 Å². The third-order valence-electron chi connectivity index (χ3n) is 2.65. The molecule has 2 rings (SSSR count). The fourth-order valence-electron chi connectivity index (χ4n) is 1.78. The number of benzene rings is 1. The van der Waals surface area contributed by atoms with Gasteiger partial charge >= 0.3 is 5.97 Å². The Morgan fingerprint density at radius 1 is 1.35 bits per heavy atom. The number of hydrogen-bond donors (Lipinski definition) is 1. The maximum absolute atomic E-state index is 11.0. The Bertz CT molecular complexity index is 560. The summed E-state index contributed by atoms with van der Waals surface area (Å²) >= 11 is 5.90. The van der Waals surface area contributed by atoms with Gasteiger partial charge in [0.05, 0.1) is 0 Å². The molecule has 0 fully saturated rings. The summed E-state index contributed by atoms with van der Waals surface area (Å²) < 4.78 is 1.76. The zero-order chi connectivity index (χ0) is 12.4. The van der Waals surface area contributed by atoms with Crippen LogP contribution in [0.3, 0.4) is 0 Å². The first-order chi connectivity index (χ1) is 8.08. The van der Waals surface area contributed by atoms with Crippen molar-refractivity contribution < 1.29 is 9.90 Å². The van der Waals surface area contributed by atoms with Crippen LogP contribution in [0.1, 0.15) is 21.7 Å². The molecule has 1 N–H and O–H groups in total. The number of halogens is 1. The molecule has 0 amide bonds. The normalized spacial score (nSPS) is 10.5. The number of aromatic carboxylic acids is 1. The van der Waals surface area contributed by atoms with Crippen LogP contribution < -0.4 is 0 Å². The average Bonchev–Trinajstić information content (AvgIpc) is 2.61. The Labute approximate surface area is 104 Å². The standard InChI is InChI=1S/C13H12ClNO2/c1-9-5-6-12(13(16)17)15(9)8-10-3-2-4-11(14)7-10/h2-7H,8H2,1H3,(H,16,17). The quantitative estimate of drug-likeness (QED) is 0.908. The highest BCUT2D eigenvalue weighted by Crippen LogP contribution is 2.15. The molecule has 0 radical (unpaired) electrons. The minimum atomic E-state index is -0.917. The molecule has 1 aromatic carbocycles. The lowest BCUT2D eigenvalue weighted by Crippen LogP contribution is -2.10. The number of carbonyl (C=O) groups is 1. The van der Waals surface area contributed by atoms with E-state index in [1.807, 2.05) is 25.1 Å². The fourth-order valence-corrected chi connectivity index (χ4v) is 2.00. The van der Waals surface area contributed by atoms with Gasteiger partial charge in [-0.25, -0.2) is 4.79 Å². The van der Waals surface area contributed by atoms with Gasteiger partial charge in [0.15, 0.2) is 0 Å². The van der Waals surface area contributed by atoms with E-state index in [9.17, 15) is 4.79 Å². The smallest absolute Gasteiger partial charge is 0.352 e. The first-order valence-electron chi connectivity index (χ1n) is 5.22. The largest absolute Gasteiger partial charge is 0.477 e. The first-order valence-corrected chi connectivity index (χ1v) is 5.59. The molecule has 0 spiro atoms. The molecule has 2 aromatic rings. The molecule has 0 saturated heterocycles. The lowest BCUT2D eigenvalue weighted by molar-refractivity contribution is 0.0685. The highest BCUT2D eigenvalue weighted by Gasteiger charge is 2.11. The average molecular weight is 250 g/mol. The molecule has 88 valence electrons. The van der Waals surface area contributed by atoms with E-state index in [4.69, 9.17) is 16.7 Å². The highest BCUT2D eigenvalue weighted by molar-refractivity contribution is 6.30. The minimum Gasteiger partial charge on any atom is -0.477 e. The predicted octanol–water partition coefficient (Wildman–Crippen LogP) is 3.20. The van der Waals surface area contributed by atoms with E-state index in [2.05, 4.69) is 0 Å². The van der Waals surface area contributed by atoms with Crippen LogP contribution in [0.25, 0.3) is 0 Å². The molecular formula is C13H12ClNO2. The van der Waals surface area contributed by atoms with Crippen LogP contribution in [0.5, 0.6) is 0 Å². The van der Waals surface area contributed by atoms with Crippen LogP contribution >= 0.6 is 11.6 Å². The molecule has 1 aromatic heterocycles. The van der Waals surface area contributed by atoms with Gasteiger partial charge in [-0.2, -0.15) is 0 Å². The van der Waals surface area contributed by atoms with Gasteiger partial charge in [-0.05, 0) is 36.8 Å². The van der Waals surface area contributed by atoms with Gasteiger partial charge in [0.25, 0.3) is 0 Å². The lowest BCUT2D eigenvalue weighted by atomic mass is 10.2. The topological polar surface area (TPSA) is 42.2 Å². The summed E-state index contributed by atoms with van der Waals surface area (Å²) in [6, 6.07) is 10.8. The number of carboxylic acid groups (broad SMARTS) is 1. The predicted molar refractivity (Wildman–Crippen MR) is 66.7 cm³/mol. The Morgan fingerprint density at radius 3 is 2.76 bits per heavy atom. The maximum Gasteiger partial charge on any atom is 0.352 e. The van der Waals surface area contributed by atoms with E-state index < -0.39 is 5.97 Å². The minimum absolute atomic E-state index is 0.294. The molecule has 0 unspecified atom stereocenters. The molecule has 17 heavy (non-hydrogen) atoms. The number of carboxylic acids is 1. The summed E-state index contributed by atoms with van der Waals surface area (Å²) in [5.74, 6) is -0.917. The molecule has 4 heteroatoms. The van der Waals surface area contributed by atoms with Crippen LogP contribution in [0.15, 0.2) is 36.4 Å². The van der Waals surface area contributed by atoms with Gasteiger partial charge in [-0.15, -0.1) is 0 Å². The van der Waals surface area contributed by atoms with E-state index in [0.29, 0.717) is 17.3 Å². The van der Waals surface area contributed by atoms with Crippen molar-refractivity contribution in [3.63, 3.8) is 0 Å². The second-order valence-corrected chi connectivity index (χ2v) is 4.32. The monoisotopic (exact) mass is 249 g/mol. The summed E-state index contributed by atoms with van der Waals surface area (Å²) in [6.07, 6.45) is 0. The summed E-state index contributed by atoms with van der Waals surface area (Å²) in [4.78, 5) is 11.0. The third kappa shape index (κ3) is 2.50. The molecule has 1 heterocycles. The summed E-state index contributed by atoms with van der Waals surface area (Å²) in [6.45, 7) is 2.40. The van der Waals surface area contributed by atoms with Gasteiger partial charge in [0.1, 0.15) is 5.69 Å². The van der Waals surface area contributed by atoms with E-state index in [1.54, 1.807) is 22.8 Å². The molecule has 0 bridgehead atoms. The third-order valence-corrected chi connectivity index (χ3v) is 2.88. The number of aromatic nitrogens is 1. The zero-order valence-electron chi connectivity index (χ0n) is 9.35. The van der Waals surface area contributed by atoms with Crippen LogP contribution in [0, 0.1) is 6.92 Å². The molecule has 0 aliphatic heterocycles. The van der Waals surface area contributed by atoms with Crippen molar-refractivity contribution in [2.75, 3.05) is 0 Å². The Hall–Kier alpha value is -1.74. The van der Waals surface area contributed by atoms with Gasteiger partial charge in [-0.1, -0.05) is 23.7 Å². The first kappa shape index (κ1) is 11.7. The van der Waals surface area contributed by atoms with Crippen molar-refractivity contribution in [1.29, 1.82) is 0 Å². The fraction of sp³-hybridized carbons (Fsp3) is 0.154. The summed E-state index contributed by atoms with van der Waals surface area (Å²) in [5, 5.41) is 9.72. The van der Waals surface area contributed by atoms with Gasteiger partial charge in [-0.3, -0.25) is 0 Å². The molecule has 3 nitrogen and oxygen atoms in total. The Kier molecular flexibility index (Phi) is 3.20. The second-order valence-electron chi connectivity index (χ2n) is 3.88. The molecule has 0 aliphatic carbocycles. The van der Waals surface area contributed by atoms with Crippen molar-refractivity contribution >= 4 is 17.6 Å². The van der Waals surface area contributed by atoms with E-state index >= 15 is 0 Å². The van der Waals surface area contributed by atoms with Crippen molar-refractivity contribution in [2.45, 2.75) is 13.5 Å². The van der Waals surface area contributed by atoms with Crippen LogP contribution in [-0.2, 0) is 6.54 Å². The van der Waals surface area contributed by atoms with Crippen molar-refractivity contribution in [1.82, 2.24) is 4.57 Å². The Morgan fingerprint density at radius 2 is 2.12 bits per heavy atom. The van der Waals surface area contributed by atoms with Crippen molar-refractivity contribution in [3.8, 4) is 0 Å². The maximum atomic E-state index is 11.0. The number of rotatable bonds is 3. The number of aryl methyl sites for hydroxylation is 1. The molecule has 0 aliphatic rings. The van der Waals surface area contributed by atoms with Crippen LogP contribution in [-0.4, -0.2) is 15.6 Å². The summed E-state index contributed by atoms with van der Waals surface area (Å²) in [5.41, 5.74) is 2.20. The molecule has 0 atom stereocenters. The van der Waals surface area contributed by atoms with Gasteiger partial charge in [0.2, 0.25) is 0 Å². The number of hydrogen-bond acceptors (Lipinski definition) is 1. The second kappa shape index (κ2) is 4.63. The summed E-state index contributed by atoms with van der Waals surface area (Å²) in [7, 11) is 0. The highest BCUT2D eigenvalue weighted by atomic mass is 35.5. The zero-order valence-corrected chi connectivity index (χ0v) is 10.1. The van der Waals surface area contributed by atoms with Crippen LogP contribution in [0.2, 0.25) is 5.02 Å². The van der Waals surface area contributed by atoms with Gasteiger partial charge in [0, 0.05) is 17.3 Å². The van der Waals surface area contributed by atoms with E-state index in [0.717, 1.165) is 11.3 Å². The van der Waals surface area contributed by atoms with Gasteiger partial charge < -0.3 is 9.67 Å². The SMILES string of the molecule is Cc1ccc(C(=O)O)n1Cc1cccc(Cl)c1. The molecule has 0 saturated carbocycles. The van der Waals surface area contributed by atoms with E-state index in [-0.39, 0.29) is 0 Å².